The van der Waals surface area contributed by atoms with Crippen LogP contribution in [0.1, 0.15) is 46.0 Å². The first-order valence-electron chi connectivity index (χ1n) is 8.58. The maximum Gasteiger partial charge on any atom is 0.314 e. The van der Waals surface area contributed by atoms with Crippen molar-refractivity contribution in [3.63, 3.8) is 0 Å². The highest BCUT2D eigenvalue weighted by Gasteiger charge is 2.17. The lowest BCUT2D eigenvalue weighted by molar-refractivity contribution is -0.138. The van der Waals surface area contributed by atoms with Crippen LogP contribution >= 0.6 is 0 Å². The van der Waals surface area contributed by atoms with Gasteiger partial charge in [0.25, 0.3) is 0 Å². The standard InChI is InChI=1S/C21H26O2/c1-3-4-5-7-12-17(2)21(22)23-20-16-11-10-15-19(20)18-13-8-6-9-14-18/h6,8-11,13-17H,3-5,7,12H2,1-2H3. The molecule has 0 aliphatic carbocycles. The minimum atomic E-state index is -0.134. The summed E-state index contributed by atoms with van der Waals surface area (Å²) in [5.41, 5.74) is 2.02. The first-order valence-corrected chi connectivity index (χ1v) is 8.58. The van der Waals surface area contributed by atoms with Crippen LogP contribution in [0, 0.1) is 5.92 Å². The number of carbonyl (C=O) groups excluding carboxylic acids is 1. The number of para-hydroxylation sites is 1. The number of esters is 1. The van der Waals surface area contributed by atoms with Crippen molar-refractivity contribution in [2.75, 3.05) is 0 Å². The lowest BCUT2D eigenvalue weighted by Gasteiger charge is -2.14. The molecule has 2 aromatic carbocycles. The van der Waals surface area contributed by atoms with Gasteiger partial charge >= 0.3 is 5.97 Å². The lowest BCUT2D eigenvalue weighted by atomic mass is 10.0. The Hall–Kier alpha value is -2.09. The first-order chi connectivity index (χ1) is 11.2. The van der Waals surface area contributed by atoms with Crippen molar-refractivity contribution < 1.29 is 9.53 Å². The molecule has 0 heterocycles. The van der Waals surface area contributed by atoms with Gasteiger partial charge in [-0.1, -0.05) is 88.1 Å². The molecule has 0 N–H and O–H groups in total. The second kappa shape index (κ2) is 9.14. The second-order valence-electron chi connectivity index (χ2n) is 6.03. The predicted molar refractivity (Wildman–Crippen MR) is 95.4 cm³/mol. The molecule has 2 aromatic rings. The van der Waals surface area contributed by atoms with E-state index < -0.39 is 0 Å². The van der Waals surface area contributed by atoms with Crippen molar-refractivity contribution in [1.82, 2.24) is 0 Å². The Bertz CT molecular complexity index is 604. The van der Waals surface area contributed by atoms with Gasteiger partial charge in [-0.25, -0.2) is 0 Å². The largest absolute Gasteiger partial charge is 0.426 e. The minimum Gasteiger partial charge on any atom is -0.426 e. The van der Waals surface area contributed by atoms with Crippen molar-refractivity contribution in [3.8, 4) is 16.9 Å². The van der Waals surface area contributed by atoms with E-state index in [1.165, 1.54) is 19.3 Å². The number of hydrogen-bond acceptors (Lipinski definition) is 2. The molecule has 0 radical (unpaired) electrons. The van der Waals surface area contributed by atoms with E-state index in [1.807, 2.05) is 61.5 Å². The fourth-order valence-corrected chi connectivity index (χ4v) is 2.62. The molecule has 2 rings (SSSR count). The van der Waals surface area contributed by atoms with Crippen LogP contribution in [0.3, 0.4) is 0 Å². The number of unbranched alkanes of at least 4 members (excludes halogenated alkanes) is 3. The van der Waals surface area contributed by atoms with Gasteiger partial charge < -0.3 is 4.74 Å². The Balaban J connectivity index is 2.01. The Morgan fingerprint density at radius 2 is 1.65 bits per heavy atom. The molecule has 23 heavy (non-hydrogen) atoms. The molecule has 2 nitrogen and oxygen atoms in total. The van der Waals surface area contributed by atoms with E-state index in [2.05, 4.69) is 6.92 Å². The maximum absolute atomic E-state index is 12.3. The molecule has 0 saturated heterocycles. The van der Waals surface area contributed by atoms with E-state index in [9.17, 15) is 4.79 Å². The molecule has 1 unspecified atom stereocenters. The van der Waals surface area contributed by atoms with Crippen LogP contribution in [0.4, 0.5) is 0 Å². The number of ether oxygens (including phenoxy) is 1. The molecule has 0 amide bonds. The topological polar surface area (TPSA) is 26.3 Å². The van der Waals surface area contributed by atoms with Crippen molar-refractivity contribution in [2.24, 2.45) is 5.92 Å². The minimum absolute atomic E-state index is 0.0596. The predicted octanol–water partition coefficient (Wildman–Crippen LogP) is 5.87. The Morgan fingerprint density at radius 1 is 0.957 bits per heavy atom. The fraction of sp³-hybridized carbons (Fsp3) is 0.381. The molecule has 1 atom stereocenters. The summed E-state index contributed by atoms with van der Waals surface area (Å²) in [4.78, 5) is 12.3. The van der Waals surface area contributed by atoms with Gasteiger partial charge in [0.1, 0.15) is 5.75 Å². The monoisotopic (exact) mass is 310 g/mol. The number of carbonyl (C=O) groups is 1. The first kappa shape index (κ1) is 17.3. The van der Waals surface area contributed by atoms with Gasteiger partial charge in [-0.05, 0) is 18.1 Å². The molecule has 0 spiro atoms. The number of rotatable bonds is 8. The van der Waals surface area contributed by atoms with Crippen molar-refractivity contribution in [1.29, 1.82) is 0 Å². The van der Waals surface area contributed by atoms with Crippen molar-refractivity contribution in [3.05, 3.63) is 54.6 Å². The average Bonchev–Trinajstić information content (AvgIpc) is 2.59. The molecule has 0 aliphatic rings. The van der Waals surface area contributed by atoms with Gasteiger partial charge in [-0.3, -0.25) is 4.79 Å². The van der Waals surface area contributed by atoms with Gasteiger partial charge in [0.2, 0.25) is 0 Å². The third-order valence-corrected chi connectivity index (χ3v) is 4.08. The SMILES string of the molecule is CCCCCCC(C)C(=O)Oc1ccccc1-c1ccccc1. The number of benzene rings is 2. The van der Waals surface area contributed by atoms with E-state index >= 15 is 0 Å². The zero-order valence-electron chi connectivity index (χ0n) is 14.1. The van der Waals surface area contributed by atoms with E-state index in [0.717, 1.165) is 24.0 Å². The van der Waals surface area contributed by atoms with Crippen molar-refractivity contribution in [2.45, 2.75) is 46.0 Å². The van der Waals surface area contributed by atoms with Crippen LogP contribution in [-0.4, -0.2) is 5.97 Å². The summed E-state index contributed by atoms with van der Waals surface area (Å²) in [6.07, 6.45) is 5.62. The zero-order valence-corrected chi connectivity index (χ0v) is 14.1. The molecule has 0 fully saturated rings. The second-order valence-corrected chi connectivity index (χ2v) is 6.03. The average molecular weight is 310 g/mol. The van der Waals surface area contributed by atoms with E-state index in [4.69, 9.17) is 4.74 Å². The Morgan fingerprint density at radius 3 is 2.39 bits per heavy atom. The van der Waals surface area contributed by atoms with Crippen LogP contribution in [0.15, 0.2) is 54.6 Å². The Kier molecular flexibility index (Phi) is 6.86. The van der Waals surface area contributed by atoms with Gasteiger partial charge in [0, 0.05) is 5.56 Å². The number of hydrogen-bond donors (Lipinski definition) is 0. The van der Waals surface area contributed by atoms with Crippen LogP contribution in [0.2, 0.25) is 0 Å². The third-order valence-electron chi connectivity index (χ3n) is 4.08. The summed E-state index contributed by atoms with van der Waals surface area (Å²) in [6, 6.07) is 17.7. The maximum atomic E-state index is 12.3. The fourth-order valence-electron chi connectivity index (χ4n) is 2.62. The van der Waals surface area contributed by atoms with Crippen molar-refractivity contribution >= 4 is 5.97 Å². The smallest absolute Gasteiger partial charge is 0.314 e. The Labute approximate surface area is 139 Å². The summed E-state index contributed by atoms with van der Waals surface area (Å²) in [6.45, 7) is 4.15. The van der Waals surface area contributed by atoms with E-state index in [0.29, 0.717) is 5.75 Å². The zero-order chi connectivity index (χ0) is 16.5. The molecular formula is C21H26O2. The summed E-state index contributed by atoms with van der Waals surface area (Å²) >= 11 is 0. The normalized spacial score (nSPS) is 11.9. The summed E-state index contributed by atoms with van der Waals surface area (Å²) in [5.74, 6) is 0.449. The lowest BCUT2D eigenvalue weighted by Crippen LogP contribution is -2.18. The molecule has 0 aromatic heterocycles. The highest BCUT2D eigenvalue weighted by atomic mass is 16.5. The van der Waals surface area contributed by atoms with Crippen LogP contribution in [0.5, 0.6) is 5.75 Å². The van der Waals surface area contributed by atoms with Gasteiger partial charge in [-0.15, -0.1) is 0 Å². The van der Waals surface area contributed by atoms with Crippen LogP contribution < -0.4 is 4.74 Å². The molecule has 0 saturated carbocycles. The quantitative estimate of drug-likeness (QED) is 0.346. The molecule has 2 heteroatoms. The van der Waals surface area contributed by atoms with Crippen LogP contribution in [-0.2, 0) is 4.79 Å². The van der Waals surface area contributed by atoms with Gasteiger partial charge in [-0.2, -0.15) is 0 Å². The highest BCUT2D eigenvalue weighted by molar-refractivity contribution is 5.79. The van der Waals surface area contributed by atoms with Gasteiger partial charge in [0.05, 0.1) is 5.92 Å². The van der Waals surface area contributed by atoms with Gasteiger partial charge in [0.15, 0.2) is 0 Å². The summed E-state index contributed by atoms with van der Waals surface area (Å²) in [5, 5.41) is 0. The molecule has 122 valence electrons. The van der Waals surface area contributed by atoms with Crippen LogP contribution in [0.25, 0.3) is 11.1 Å². The van der Waals surface area contributed by atoms with E-state index in [-0.39, 0.29) is 11.9 Å². The highest BCUT2D eigenvalue weighted by Crippen LogP contribution is 2.30. The summed E-state index contributed by atoms with van der Waals surface area (Å²) < 4.78 is 5.68. The molecule has 0 bridgehead atoms. The van der Waals surface area contributed by atoms with E-state index in [1.54, 1.807) is 0 Å². The molecular weight excluding hydrogens is 284 g/mol. The summed E-state index contributed by atoms with van der Waals surface area (Å²) in [7, 11) is 0. The molecule has 0 aliphatic heterocycles. The third kappa shape index (κ3) is 5.24.